The van der Waals surface area contributed by atoms with Crippen molar-refractivity contribution in [1.82, 2.24) is 4.90 Å². The minimum Gasteiger partial charge on any atom is -0.284 e. The van der Waals surface area contributed by atoms with E-state index in [4.69, 9.17) is 0 Å². The van der Waals surface area contributed by atoms with E-state index in [9.17, 15) is 0 Å². The van der Waals surface area contributed by atoms with Gasteiger partial charge in [-0.25, -0.2) is 0 Å². The lowest BCUT2D eigenvalue weighted by Crippen LogP contribution is -2.23. The maximum absolute atomic E-state index is 3.13. The quantitative estimate of drug-likeness (QED) is 0.541. The first-order chi connectivity index (χ1) is 8.86. The molecule has 1 heteroatoms. The minimum atomic E-state index is 0.811. The van der Waals surface area contributed by atoms with E-state index < -0.39 is 0 Å². The number of rotatable bonds is 6. The summed E-state index contributed by atoms with van der Waals surface area (Å²) in [6.45, 7) is 6.58. The molecule has 0 atom stereocenters. The summed E-state index contributed by atoms with van der Waals surface area (Å²) in [4.78, 5) is 2.33. The van der Waals surface area contributed by atoms with Gasteiger partial charge in [0.1, 0.15) is 0 Å². The second-order valence-electron chi connectivity index (χ2n) is 4.04. The van der Waals surface area contributed by atoms with Gasteiger partial charge in [0.25, 0.3) is 0 Å². The first kappa shape index (κ1) is 14.3. The molecule has 0 aliphatic rings. The van der Waals surface area contributed by atoms with E-state index in [0.29, 0.717) is 0 Å². The molecule has 0 saturated heterocycles. The van der Waals surface area contributed by atoms with Crippen molar-refractivity contribution in [2.75, 3.05) is 13.1 Å². The first-order valence-corrected chi connectivity index (χ1v) is 6.30. The number of hydrogen-bond acceptors (Lipinski definition) is 1. The third-order valence-electron chi connectivity index (χ3n) is 2.53. The maximum Gasteiger partial charge on any atom is 0.0607 e. The van der Waals surface area contributed by atoms with Crippen LogP contribution in [0.2, 0.25) is 0 Å². The molecule has 0 aliphatic heterocycles. The molecular weight excluding hydrogens is 218 g/mol. The van der Waals surface area contributed by atoms with Gasteiger partial charge in [0, 0.05) is 13.1 Å². The third-order valence-corrected chi connectivity index (χ3v) is 2.53. The molecule has 18 heavy (non-hydrogen) atoms. The van der Waals surface area contributed by atoms with Gasteiger partial charge in [-0.15, -0.1) is 5.92 Å². The van der Waals surface area contributed by atoms with Crippen molar-refractivity contribution in [3.63, 3.8) is 0 Å². The molecule has 0 aliphatic carbocycles. The van der Waals surface area contributed by atoms with Crippen molar-refractivity contribution >= 4 is 0 Å². The molecule has 0 heterocycles. The van der Waals surface area contributed by atoms with Crippen LogP contribution in [-0.2, 0) is 6.54 Å². The van der Waals surface area contributed by atoms with E-state index in [-0.39, 0.29) is 0 Å². The number of hydrogen-bond donors (Lipinski definition) is 0. The average Bonchev–Trinajstić information content (AvgIpc) is 2.41. The van der Waals surface area contributed by atoms with Crippen LogP contribution in [0.25, 0.3) is 0 Å². The number of nitrogens with zero attached hydrogens (tertiary/aromatic N) is 1. The van der Waals surface area contributed by atoms with Crippen LogP contribution in [0.4, 0.5) is 0 Å². The van der Waals surface area contributed by atoms with Crippen molar-refractivity contribution in [2.45, 2.75) is 20.4 Å². The summed E-state index contributed by atoms with van der Waals surface area (Å²) in [6.07, 6.45) is 8.33. The normalized spacial score (nSPS) is 11.1. The van der Waals surface area contributed by atoms with E-state index in [1.165, 1.54) is 5.56 Å². The molecule has 0 radical (unpaired) electrons. The summed E-state index contributed by atoms with van der Waals surface area (Å²) < 4.78 is 0. The molecule has 0 bridgehead atoms. The lowest BCUT2D eigenvalue weighted by atomic mass is 10.2. The van der Waals surface area contributed by atoms with Gasteiger partial charge in [-0.3, -0.25) is 4.90 Å². The van der Waals surface area contributed by atoms with Gasteiger partial charge in [0.2, 0.25) is 0 Å². The topological polar surface area (TPSA) is 3.24 Å². The van der Waals surface area contributed by atoms with Crippen LogP contribution >= 0.6 is 0 Å². The van der Waals surface area contributed by atoms with Crippen molar-refractivity contribution in [2.24, 2.45) is 0 Å². The highest BCUT2D eigenvalue weighted by Crippen LogP contribution is 2.04. The number of allylic oxidation sites excluding steroid dienone is 3. The Labute approximate surface area is 111 Å². The van der Waals surface area contributed by atoms with Crippen LogP contribution in [0.5, 0.6) is 0 Å². The van der Waals surface area contributed by atoms with E-state index >= 15 is 0 Å². The van der Waals surface area contributed by atoms with E-state index in [1.807, 2.05) is 32.1 Å². The molecule has 0 amide bonds. The zero-order valence-electron chi connectivity index (χ0n) is 11.3. The summed E-state index contributed by atoms with van der Waals surface area (Å²) >= 11 is 0. The number of benzene rings is 1. The van der Waals surface area contributed by atoms with E-state index in [1.54, 1.807) is 0 Å². The zero-order valence-corrected chi connectivity index (χ0v) is 11.3. The summed E-state index contributed by atoms with van der Waals surface area (Å²) in [6, 6.07) is 10.5. The van der Waals surface area contributed by atoms with Crippen LogP contribution in [0.3, 0.4) is 0 Å². The fraction of sp³-hybridized carbons (Fsp3) is 0.294. The molecule has 1 nitrogen and oxygen atoms in total. The molecule has 1 aromatic rings. The third kappa shape index (κ3) is 6.08. The Morgan fingerprint density at radius 2 is 1.94 bits per heavy atom. The molecule has 1 aromatic carbocycles. The van der Waals surface area contributed by atoms with Gasteiger partial charge < -0.3 is 0 Å². The average molecular weight is 239 g/mol. The molecular formula is C17H21N. The van der Waals surface area contributed by atoms with Crippen molar-refractivity contribution in [1.29, 1.82) is 0 Å². The highest BCUT2D eigenvalue weighted by Gasteiger charge is 2.01. The van der Waals surface area contributed by atoms with Gasteiger partial charge in [-0.1, -0.05) is 60.6 Å². The summed E-state index contributed by atoms with van der Waals surface area (Å²) in [7, 11) is 0. The molecule has 0 aromatic heterocycles. The fourth-order valence-electron chi connectivity index (χ4n) is 1.62. The van der Waals surface area contributed by atoms with Crippen LogP contribution < -0.4 is 0 Å². The highest BCUT2D eigenvalue weighted by atomic mass is 15.1. The van der Waals surface area contributed by atoms with Gasteiger partial charge in [0.05, 0.1) is 6.54 Å². The Kier molecular flexibility index (Phi) is 7.36. The van der Waals surface area contributed by atoms with Crippen LogP contribution in [-0.4, -0.2) is 18.0 Å². The molecule has 0 fully saturated rings. The maximum atomic E-state index is 3.13. The van der Waals surface area contributed by atoms with E-state index in [0.717, 1.165) is 19.6 Å². The standard InChI is InChI=1S/C17H21N/c1-3-5-7-11-15-18(14-6-4-2)16-17-12-9-8-10-13-17/h3,5,7-13H,14-16H2,1-2H3/b5-3+,11-7+. The summed E-state index contributed by atoms with van der Waals surface area (Å²) in [5.74, 6) is 6.09. The van der Waals surface area contributed by atoms with E-state index in [2.05, 4.69) is 53.2 Å². The summed E-state index contributed by atoms with van der Waals surface area (Å²) in [5.41, 5.74) is 1.33. The first-order valence-electron chi connectivity index (χ1n) is 6.30. The second-order valence-corrected chi connectivity index (χ2v) is 4.04. The Bertz CT molecular complexity index is 432. The Morgan fingerprint density at radius 1 is 1.17 bits per heavy atom. The van der Waals surface area contributed by atoms with Gasteiger partial charge in [-0.05, 0) is 19.4 Å². The Hall–Kier alpha value is -1.78. The predicted molar refractivity (Wildman–Crippen MR) is 79.1 cm³/mol. The van der Waals surface area contributed by atoms with Crippen molar-refractivity contribution < 1.29 is 0 Å². The minimum absolute atomic E-state index is 0.811. The van der Waals surface area contributed by atoms with Crippen molar-refractivity contribution in [3.05, 3.63) is 60.2 Å². The molecule has 0 spiro atoms. The van der Waals surface area contributed by atoms with Crippen LogP contribution in [0.15, 0.2) is 54.6 Å². The smallest absolute Gasteiger partial charge is 0.0607 e. The van der Waals surface area contributed by atoms with Crippen LogP contribution in [0.1, 0.15) is 19.4 Å². The lowest BCUT2D eigenvalue weighted by molar-refractivity contribution is 0.332. The van der Waals surface area contributed by atoms with Gasteiger partial charge >= 0.3 is 0 Å². The summed E-state index contributed by atoms with van der Waals surface area (Å²) in [5, 5.41) is 0. The molecule has 0 N–H and O–H groups in total. The van der Waals surface area contributed by atoms with Crippen molar-refractivity contribution in [3.8, 4) is 11.8 Å². The van der Waals surface area contributed by atoms with Crippen LogP contribution in [0, 0.1) is 11.8 Å². The predicted octanol–water partition coefficient (Wildman–Crippen LogP) is 3.64. The lowest BCUT2D eigenvalue weighted by Gasteiger charge is -2.17. The largest absolute Gasteiger partial charge is 0.284 e. The molecule has 1 rings (SSSR count). The Morgan fingerprint density at radius 3 is 2.61 bits per heavy atom. The van der Waals surface area contributed by atoms with Gasteiger partial charge in [-0.2, -0.15) is 0 Å². The Balaban J connectivity index is 2.56. The SMILES string of the molecule is CC#CCN(C/C=C/C=C/C)Cc1ccccc1. The zero-order chi connectivity index (χ0) is 13.1. The monoisotopic (exact) mass is 239 g/mol. The highest BCUT2D eigenvalue weighted by molar-refractivity contribution is 5.15. The molecule has 0 saturated carbocycles. The fourth-order valence-corrected chi connectivity index (χ4v) is 1.62. The second kappa shape index (κ2) is 9.27. The van der Waals surface area contributed by atoms with Gasteiger partial charge in [0.15, 0.2) is 0 Å². The molecule has 94 valence electrons. The molecule has 0 unspecified atom stereocenters.